The molecule has 0 aliphatic carbocycles. The second-order valence-corrected chi connectivity index (χ2v) is 3.81. The van der Waals surface area contributed by atoms with Crippen LogP contribution in [0.25, 0.3) is 11.3 Å². The lowest BCUT2D eigenvalue weighted by molar-refractivity contribution is 0.415. The fourth-order valence-corrected chi connectivity index (χ4v) is 1.58. The maximum Gasteiger partial charge on any atom is 0.182 e. The maximum atomic E-state index is 13.7. The van der Waals surface area contributed by atoms with Crippen molar-refractivity contribution in [3.05, 3.63) is 41.0 Å². The molecule has 0 spiro atoms. The SMILES string of the molecule is COc1ccc(-c2ncnc(Br)c2F)cc1. The van der Waals surface area contributed by atoms with Gasteiger partial charge in [0, 0.05) is 5.56 Å². The molecule has 0 amide bonds. The standard InChI is InChI=1S/C11H8BrFN2O/c1-16-8-4-2-7(3-5-8)10-9(13)11(12)15-6-14-10/h2-6H,1H3. The molecule has 16 heavy (non-hydrogen) atoms. The van der Waals surface area contributed by atoms with Crippen molar-refractivity contribution in [3.8, 4) is 17.0 Å². The van der Waals surface area contributed by atoms with Gasteiger partial charge in [0.25, 0.3) is 0 Å². The first-order valence-electron chi connectivity index (χ1n) is 4.53. The highest BCUT2D eigenvalue weighted by Gasteiger charge is 2.10. The monoisotopic (exact) mass is 282 g/mol. The third-order valence-corrected chi connectivity index (χ3v) is 2.66. The van der Waals surface area contributed by atoms with E-state index in [1.807, 2.05) is 0 Å². The molecule has 0 radical (unpaired) electrons. The minimum Gasteiger partial charge on any atom is -0.497 e. The summed E-state index contributed by atoms with van der Waals surface area (Å²) in [5.41, 5.74) is 0.950. The van der Waals surface area contributed by atoms with E-state index in [4.69, 9.17) is 4.74 Å². The zero-order valence-electron chi connectivity index (χ0n) is 8.45. The Labute approximate surface area is 100 Å². The zero-order chi connectivity index (χ0) is 11.5. The van der Waals surface area contributed by atoms with Gasteiger partial charge >= 0.3 is 0 Å². The predicted molar refractivity (Wildman–Crippen MR) is 61.7 cm³/mol. The van der Waals surface area contributed by atoms with Crippen molar-refractivity contribution in [2.75, 3.05) is 7.11 Å². The van der Waals surface area contributed by atoms with Crippen LogP contribution in [0.2, 0.25) is 0 Å². The molecule has 1 aromatic heterocycles. The molecule has 0 fully saturated rings. The summed E-state index contributed by atoms with van der Waals surface area (Å²) in [6.07, 6.45) is 1.31. The summed E-state index contributed by atoms with van der Waals surface area (Å²) in [6, 6.07) is 7.00. The quantitative estimate of drug-likeness (QED) is 0.794. The average Bonchev–Trinajstić information content (AvgIpc) is 2.33. The van der Waals surface area contributed by atoms with Gasteiger partial charge in [-0.1, -0.05) is 0 Å². The van der Waals surface area contributed by atoms with Crippen LogP contribution in [0, 0.1) is 5.82 Å². The fourth-order valence-electron chi connectivity index (χ4n) is 1.30. The fraction of sp³-hybridized carbons (Fsp3) is 0.0909. The topological polar surface area (TPSA) is 35.0 Å². The van der Waals surface area contributed by atoms with Crippen molar-refractivity contribution in [3.63, 3.8) is 0 Å². The Morgan fingerprint density at radius 3 is 2.50 bits per heavy atom. The minimum absolute atomic E-state index is 0.160. The lowest BCUT2D eigenvalue weighted by atomic mass is 10.1. The second-order valence-electron chi connectivity index (χ2n) is 3.06. The van der Waals surface area contributed by atoms with Crippen LogP contribution in [0.15, 0.2) is 35.2 Å². The highest BCUT2D eigenvalue weighted by Crippen LogP contribution is 2.25. The van der Waals surface area contributed by atoms with Crippen LogP contribution in [0.3, 0.4) is 0 Å². The van der Waals surface area contributed by atoms with Gasteiger partial charge in [0.15, 0.2) is 5.82 Å². The molecule has 0 saturated carbocycles. The van der Waals surface area contributed by atoms with E-state index in [1.165, 1.54) is 6.33 Å². The van der Waals surface area contributed by atoms with E-state index in [9.17, 15) is 4.39 Å². The van der Waals surface area contributed by atoms with Crippen molar-refractivity contribution >= 4 is 15.9 Å². The van der Waals surface area contributed by atoms with E-state index < -0.39 is 5.82 Å². The molecular weight excluding hydrogens is 275 g/mol. The summed E-state index contributed by atoms with van der Waals surface area (Å²) < 4.78 is 18.9. The molecule has 2 rings (SSSR count). The Balaban J connectivity index is 2.46. The summed E-state index contributed by atoms with van der Waals surface area (Å²) in [5.74, 6) is 0.255. The number of hydrogen-bond acceptors (Lipinski definition) is 3. The van der Waals surface area contributed by atoms with Gasteiger partial charge in [0.1, 0.15) is 22.4 Å². The Hall–Kier alpha value is -1.49. The van der Waals surface area contributed by atoms with Crippen molar-refractivity contribution in [1.82, 2.24) is 9.97 Å². The van der Waals surface area contributed by atoms with Gasteiger partial charge in [0.2, 0.25) is 0 Å². The van der Waals surface area contributed by atoms with E-state index in [-0.39, 0.29) is 10.3 Å². The lowest BCUT2D eigenvalue weighted by Crippen LogP contribution is -1.93. The first kappa shape index (κ1) is 11.0. The molecule has 0 aliphatic heterocycles. The van der Waals surface area contributed by atoms with Crippen molar-refractivity contribution in [2.24, 2.45) is 0 Å². The van der Waals surface area contributed by atoms with Crippen LogP contribution in [-0.2, 0) is 0 Å². The molecule has 0 unspecified atom stereocenters. The molecule has 0 atom stereocenters. The normalized spacial score (nSPS) is 10.2. The Bertz CT molecular complexity index is 502. The van der Waals surface area contributed by atoms with Crippen molar-refractivity contribution < 1.29 is 9.13 Å². The van der Waals surface area contributed by atoms with E-state index >= 15 is 0 Å². The van der Waals surface area contributed by atoms with Crippen LogP contribution in [0.5, 0.6) is 5.75 Å². The van der Waals surface area contributed by atoms with Crippen LogP contribution in [0.1, 0.15) is 0 Å². The van der Waals surface area contributed by atoms with Crippen molar-refractivity contribution in [2.45, 2.75) is 0 Å². The molecule has 82 valence electrons. The van der Waals surface area contributed by atoms with E-state index in [0.717, 1.165) is 5.75 Å². The summed E-state index contributed by atoms with van der Waals surface area (Å²) in [6.45, 7) is 0. The summed E-state index contributed by atoms with van der Waals surface area (Å²) in [5, 5.41) is 0. The zero-order valence-corrected chi connectivity index (χ0v) is 10.0. The average molecular weight is 283 g/mol. The number of hydrogen-bond donors (Lipinski definition) is 0. The predicted octanol–water partition coefficient (Wildman–Crippen LogP) is 3.05. The van der Waals surface area contributed by atoms with E-state index in [2.05, 4.69) is 25.9 Å². The van der Waals surface area contributed by atoms with Gasteiger partial charge in [-0.05, 0) is 40.2 Å². The number of rotatable bonds is 2. The molecule has 0 saturated heterocycles. The van der Waals surface area contributed by atoms with Crippen molar-refractivity contribution in [1.29, 1.82) is 0 Å². The number of methoxy groups -OCH3 is 1. The maximum absolute atomic E-state index is 13.7. The minimum atomic E-state index is -0.465. The van der Waals surface area contributed by atoms with Gasteiger partial charge in [-0.25, -0.2) is 14.4 Å². The van der Waals surface area contributed by atoms with Crippen LogP contribution < -0.4 is 4.74 Å². The molecule has 1 aromatic carbocycles. The van der Waals surface area contributed by atoms with E-state index in [0.29, 0.717) is 5.56 Å². The molecule has 2 aromatic rings. The first-order chi connectivity index (χ1) is 7.72. The summed E-state index contributed by atoms with van der Waals surface area (Å²) in [4.78, 5) is 7.61. The summed E-state index contributed by atoms with van der Waals surface area (Å²) >= 11 is 3.02. The molecule has 3 nitrogen and oxygen atoms in total. The number of aromatic nitrogens is 2. The van der Waals surface area contributed by atoms with Crippen LogP contribution in [0.4, 0.5) is 4.39 Å². The van der Waals surface area contributed by atoms with Gasteiger partial charge in [-0.15, -0.1) is 0 Å². The van der Waals surface area contributed by atoms with Gasteiger partial charge in [-0.3, -0.25) is 0 Å². The molecular formula is C11H8BrFN2O. The number of benzene rings is 1. The largest absolute Gasteiger partial charge is 0.497 e. The van der Waals surface area contributed by atoms with Gasteiger partial charge in [-0.2, -0.15) is 0 Å². The van der Waals surface area contributed by atoms with Crippen LogP contribution in [-0.4, -0.2) is 17.1 Å². The number of nitrogens with zero attached hydrogens (tertiary/aromatic N) is 2. The highest BCUT2D eigenvalue weighted by atomic mass is 79.9. The molecule has 1 heterocycles. The second kappa shape index (κ2) is 4.57. The highest BCUT2D eigenvalue weighted by molar-refractivity contribution is 9.10. The van der Waals surface area contributed by atoms with Gasteiger partial charge < -0.3 is 4.74 Å². The molecule has 0 bridgehead atoms. The Morgan fingerprint density at radius 2 is 1.88 bits per heavy atom. The molecule has 5 heteroatoms. The van der Waals surface area contributed by atoms with Crippen LogP contribution >= 0.6 is 15.9 Å². The molecule has 0 N–H and O–H groups in total. The van der Waals surface area contributed by atoms with Gasteiger partial charge in [0.05, 0.1) is 7.11 Å². The third kappa shape index (κ3) is 2.04. The summed E-state index contributed by atoms with van der Waals surface area (Å²) in [7, 11) is 1.58. The number of halogens is 2. The third-order valence-electron chi connectivity index (χ3n) is 2.11. The smallest absolute Gasteiger partial charge is 0.182 e. The lowest BCUT2D eigenvalue weighted by Gasteiger charge is -2.04. The Morgan fingerprint density at radius 1 is 1.19 bits per heavy atom. The number of ether oxygens (including phenoxy) is 1. The molecule has 0 aliphatic rings. The van der Waals surface area contributed by atoms with E-state index in [1.54, 1.807) is 31.4 Å². The first-order valence-corrected chi connectivity index (χ1v) is 5.32. The Kier molecular flexibility index (Phi) is 3.14.